The predicted octanol–water partition coefficient (Wildman–Crippen LogP) is 1.37. The van der Waals surface area contributed by atoms with E-state index in [4.69, 9.17) is 4.74 Å². The highest BCUT2D eigenvalue weighted by Crippen LogP contribution is 2.12. The lowest BCUT2D eigenvalue weighted by Gasteiger charge is -2.09. The third-order valence-corrected chi connectivity index (χ3v) is 2.38. The molecule has 1 heterocycles. The highest BCUT2D eigenvalue weighted by molar-refractivity contribution is 9.10. The Morgan fingerprint density at radius 3 is 3.07 bits per heavy atom. The van der Waals surface area contributed by atoms with E-state index in [9.17, 15) is 4.79 Å². The number of anilines is 1. The fraction of sp³-hybridized carbons (Fsp3) is 0.556. The molecule has 0 spiro atoms. The second kappa shape index (κ2) is 5.87. The van der Waals surface area contributed by atoms with Gasteiger partial charge >= 0.3 is 0 Å². The van der Waals surface area contributed by atoms with Gasteiger partial charge in [-0.15, -0.1) is 0 Å². The van der Waals surface area contributed by atoms with Gasteiger partial charge in [0.2, 0.25) is 0 Å². The third kappa shape index (κ3) is 4.01. The van der Waals surface area contributed by atoms with Gasteiger partial charge in [-0.3, -0.25) is 4.79 Å². The average Bonchev–Trinajstić information content (AvgIpc) is 2.18. The van der Waals surface area contributed by atoms with Gasteiger partial charge in [-0.2, -0.15) is 0 Å². The standard InChI is InChI=1S/C9H14BrN3O2/c1-6(2)15-4-3-11-8-7(10)9(14)13-5-12-8/h5-6H,3-4H2,1-2H3,(H2,11,12,13,14). The fourth-order valence-electron chi connectivity index (χ4n) is 0.970. The van der Waals surface area contributed by atoms with Crippen molar-refractivity contribution in [3.8, 4) is 0 Å². The van der Waals surface area contributed by atoms with Crippen LogP contribution in [0.1, 0.15) is 13.8 Å². The molecule has 0 saturated carbocycles. The lowest BCUT2D eigenvalue weighted by molar-refractivity contribution is 0.0870. The number of nitrogens with one attached hydrogen (secondary N) is 2. The monoisotopic (exact) mass is 275 g/mol. The first-order chi connectivity index (χ1) is 7.11. The summed E-state index contributed by atoms with van der Waals surface area (Å²) in [5.41, 5.74) is -0.197. The van der Waals surface area contributed by atoms with Crippen LogP contribution >= 0.6 is 15.9 Å². The Labute approximate surface area is 96.4 Å². The molecule has 0 aliphatic rings. The molecule has 1 aromatic heterocycles. The van der Waals surface area contributed by atoms with Gasteiger partial charge in [-0.05, 0) is 29.8 Å². The highest BCUT2D eigenvalue weighted by Gasteiger charge is 2.03. The molecule has 0 bridgehead atoms. The molecule has 84 valence electrons. The van der Waals surface area contributed by atoms with Crippen LogP contribution in [0.15, 0.2) is 15.6 Å². The number of nitrogens with zero attached hydrogens (tertiary/aromatic N) is 1. The number of aromatic amines is 1. The second-order valence-electron chi connectivity index (χ2n) is 3.24. The van der Waals surface area contributed by atoms with Crippen molar-refractivity contribution in [1.29, 1.82) is 0 Å². The van der Waals surface area contributed by atoms with E-state index in [1.807, 2.05) is 13.8 Å². The summed E-state index contributed by atoms with van der Waals surface area (Å²) in [5, 5.41) is 3.01. The molecule has 0 fully saturated rings. The van der Waals surface area contributed by atoms with Gasteiger partial charge in [0.25, 0.3) is 5.56 Å². The van der Waals surface area contributed by atoms with Crippen molar-refractivity contribution in [1.82, 2.24) is 9.97 Å². The summed E-state index contributed by atoms with van der Waals surface area (Å²) in [6.07, 6.45) is 1.57. The summed E-state index contributed by atoms with van der Waals surface area (Å²) in [6, 6.07) is 0. The van der Waals surface area contributed by atoms with Crippen LogP contribution in [0.25, 0.3) is 0 Å². The molecule has 0 radical (unpaired) electrons. The molecule has 0 aliphatic carbocycles. The maximum Gasteiger partial charge on any atom is 0.267 e. The second-order valence-corrected chi connectivity index (χ2v) is 4.03. The van der Waals surface area contributed by atoms with Gasteiger partial charge in [0.15, 0.2) is 0 Å². The lowest BCUT2D eigenvalue weighted by atomic mass is 10.5. The van der Waals surface area contributed by atoms with Crippen molar-refractivity contribution in [2.24, 2.45) is 0 Å². The van der Waals surface area contributed by atoms with Crippen LogP contribution in [0.4, 0.5) is 5.82 Å². The summed E-state index contributed by atoms with van der Waals surface area (Å²) < 4.78 is 5.75. The van der Waals surface area contributed by atoms with Crippen LogP contribution in [0, 0.1) is 0 Å². The van der Waals surface area contributed by atoms with Crippen molar-refractivity contribution in [2.45, 2.75) is 20.0 Å². The molecule has 1 rings (SSSR count). The van der Waals surface area contributed by atoms with E-state index >= 15 is 0 Å². The Hall–Kier alpha value is -0.880. The molecular formula is C9H14BrN3O2. The van der Waals surface area contributed by atoms with Gasteiger partial charge < -0.3 is 15.0 Å². The van der Waals surface area contributed by atoms with Crippen LogP contribution < -0.4 is 10.9 Å². The minimum Gasteiger partial charge on any atom is -0.377 e. The molecule has 0 unspecified atom stereocenters. The van der Waals surface area contributed by atoms with E-state index in [-0.39, 0.29) is 11.7 Å². The Balaban J connectivity index is 2.44. The Morgan fingerprint density at radius 2 is 2.40 bits per heavy atom. The van der Waals surface area contributed by atoms with E-state index in [0.717, 1.165) is 0 Å². The van der Waals surface area contributed by atoms with Gasteiger partial charge in [0.1, 0.15) is 10.3 Å². The van der Waals surface area contributed by atoms with Crippen LogP contribution in [-0.2, 0) is 4.74 Å². The molecule has 2 N–H and O–H groups in total. The Morgan fingerprint density at radius 1 is 1.67 bits per heavy atom. The summed E-state index contributed by atoms with van der Waals surface area (Å²) in [5.74, 6) is 0.533. The zero-order valence-electron chi connectivity index (χ0n) is 8.71. The van der Waals surface area contributed by atoms with Crippen molar-refractivity contribution >= 4 is 21.7 Å². The topological polar surface area (TPSA) is 67.0 Å². The zero-order chi connectivity index (χ0) is 11.3. The number of ether oxygens (including phenoxy) is 1. The predicted molar refractivity (Wildman–Crippen MR) is 62.1 cm³/mol. The molecule has 0 saturated heterocycles. The molecule has 0 amide bonds. The zero-order valence-corrected chi connectivity index (χ0v) is 10.3. The van der Waals surface area contributed by atoms with Crippen LogP contribution in [0.2, 0.25) is 0 Å². The van der Waals surface area contributed by atoms with Crippen molar-refractivity contribution in [3.63, 3.8) is 0 Å². The van der Waals surface area contributed by atoms with Gasteiger partial charge in [0, 0.05) is 6.54 Å². The number of rotatable bonds is 5. The largest absolute Gasteiger partial charge is 0.377 e. The van der Waals surface area contributed by atoms with E-state index in [0.29, 0.717) is 23.4 Å². The van der Waals surface area contributed by atoms with Crippen LogP contribution in [-0.4, -0.2) is 29.2 Å². The molecule has 6 heteroatoms. The first-order valence-corrected chi connectivity index (χ1v) is 5.49. The van der Waals surface area contributed by atoms with E-state index in [1.54, 1.807) is 0 Å². The van der Waals surface area contributed by atoms with Crippen LogP contribution in [0.3, 0.4) is 0 Å². The van der Waals surface area contributed by atoms with E-state index in [2.05, 4.69) is 31.2 Å². The normalized spacial score (nSPS) is 10.7. The van der Waals surface area contributed by atoms with Gasteiger partial charge in [-0.25, -0.2) is 4.98 Å². The summed E-state index contributed by atoms with van der Waals surface area (Å²) in [4.78, 5) is 17.6. The molecule has 15 heavy (non-hydrogen) atoms. The number of hydrogen-bond donors (Lipinski definition) is 2. The maximum atomic E-state index is 11.2. The van der Waals surface area contributed by atoms with Gasteiger partial charge in [0.05, 0.1) is 19.0 Å². The van der Waals surface area contributed by atoms with Gasteiger partial charge in [-0.1, -0.05) is 0 Å². The average molecular weight is 276 g/mol. The molecule has 0 aromatic carbocycles. The Kier molecular flexibility index (Phi) is 4.77. The van der Waals surface area contributed by atoms with E-state index in [1.165, 1.54) is 6.33 Å². The summed E-state index contributed by atoms with van der Waals surface area (Å²) in [6.45, 7) is 5.15. The number of halogens is 1. The van der Waals surface area contributed by atoms with Crippen molar-refractivity contribution < 1.29 is 4.74 Å². The molecule has 0 atom stereocenters. The fourth-order valence-corrected chi connectivity index (χ4v) is 1.33. The molecule has 5 nitrogen and oxygen atoms in total. The lowest BCUT2D eigenvalue weighted by Crippen LogP contribution is -2.17. The van der Waals surface area contributed by atoms with Crippen LogP contribution in [0.5, 0.6) is 0 Å². The van der Waals surface area contributed by atoms with Crippen molar-refractivity contribution in [2.75, 3.05) is 18.5 Å². The third-order valence-electron chi connectivity index (χ3n) is 1.64. The quantitative estimate of drug-likeness (QED) is 0.797. The Bertz CT molecular complexity index is 365. The smallest absolute Gasteiger partial charge is 0.267 e. The summed E-state index contributed by atoms with van der Waals surface area (Å²) in [7, 11) is 0. The highest BCUT2D eigenvalue weighted by atomic mass is 79.9. The minimum atomic E-state index is -0.197. The minimum absolute atomic E-state index is 0.197. The molecule has 1 aromatic rings. The first-order valence-electron chi connectivity index (χ1n) is 4.70. The van der Waals surface area contributed by atoms with E-state index < -0.39 is 0 Å². The number of H-pyrrole nitrogens is 1. The first kappa shape index (κ1) is 12.2. The summed E-state index contributed by atoms with van der Waals surface area (Å²) >= 11 is 3.15. The molecular weight excluding hydrogens is 262 g/mol. The SMILES string of the molecule is CC(C)OCCNc1nc[nH]c(=O)c1Br. The molecule has 0 aliphatic heterocycles. The van der Waals surface area contributed by atoms with Crippen molar-refractivity contribution in [3.05, 3.63) is 21.2 Å². The number of hydrogen-bond acceptors (Lipinski definition) is 4. The number of aromatic nitrogens is 2. The maximum absolute atomic E-state index is 11.2.